The van der Waals surface area contributed by atoms with Gasteiger partial charge in [0.25, 0.3) is 5.91 Å². The Morgan fingerprint density at radius 1 is 1.52 bits per heavy atom. The lowest BCUT2D eigenvalue weighted by Crippen LogP contribution is -2.32. The molecule has 21 heavy (non-hydrogen) atoms. The number of hydrogen-bond donors (Lipinski definition) is 2. The number of rotatable bonds is 5. The summed E-state index contributed by atoms with van der Waals surface area (Å²) in [5.41, 5.74) is 0.971. The predicted molar refractivity (Wildman–Crippen MR) is 82.8 cm³/mol. The first kappa shape index (κ1) is 17.2. The average molecular weight is 309 g/mol. The Morgan fingerprint density at radius 2 is 2.24 bits per heavy atom. The second-order valence-corrected chi connectivity index (χ2v) is 6.20. The van der Waals surface area contributed by atoms with Gasteiger partial charge in [0.1, 0.15) is 12.4 Å². The fourth-order valence-corrected chi connectivity index (χ4v) is 1.86. The molecule has 0 aliphatic carbocycles. The molecule has 114 valence electrons. The summed E-state index contributed by atoms with van der Waals surface area (Å²) in [4.78, 5) is 12.0. The van der Waals surface area contributed by atoms with Crippen molar-refractivity contribution >= 4 is 16.7 Å². The Hall–Kier alpha value is -1.84. The zero-order chi connectivity index (χ0) is 15.8. The smallest absolute Gasteiger partial charge is 0.251 e. The molecular formula is C15H19NO4S. The van der Waals surface area contributed by atoms with E-state index in [2.05, 4.69) is 17.2 Å². The van der Waals surface area contributed by atoms with Gasteiger partial charge in [-0.2, -0.15) is 0 Å². The third-order valence-electron chi connectivity index (χ3n) is 2.88. The van der Waals surface area contributed by atoms with Gasteiger partial charge in [-0.3, -0.25) is 9.00 Å². The van der Waals surface area contributed by atoms with E-state index in [4.69, 9.17) is 9.84 Å². The van der Waals surface area contributed by atoms with Crippen LogP contribution in [0.2, 0.25) is 0 Å². The minimum Gasteiger partial charge on any atom is -0.495 e. The quantitative estimate of drug-likeness (QED) is 0.778. The lowest BCUT2D eigenvalue weighted by molar-refractivity contribution is 0.0954. The van der Waals surface area contributed by atoms with Gasteiger partial charge in [0.05, 0.1) is 12.7 Å². The molecule has 0 aromatic heterocycles. The molecule has 1 rings (SSSR count). The molecule has 0 fully saturated rings. The van der Waals surface area contributed by atoms with Gasteiger partial charge < -0.3 is 15.2 Å². The minimum atomic E-state index is -0.982. The molecule has 2 unspecified atom stereocenters. The molecule has 0 aliphatic heterocycles. The lowest BCUT2D eigenvalue weighted by Gasteiger charge is -2.11. The number of methoxy groups -OCH3 is 1. The SMILES string of the molecule is COc1ccc(C(=O)NCC(C)S(C)=O)cc1C#CCO. The van der Waals surface area contributed by atoms with E-state index >= 15 is 0 Å². The number of carbonyl (C=O) groups excluding carboxylic acids is 1. The highest BCUT2D eigenvalue weighted by atomic mass is 32.2. The number of carbonyl (C=O) groups is 1. The van der Waals surface area contributed by atoms with Crippen molar-refractivity contribution in [3.8, 4) is 17.6 Å². The van der Waals surface area contributed by atoms with Crippen LogP contribution in [0.3, 0.4) is 0 Å². The third-order valence-corrected chi connectivity index (χ3v) is 4.18. The summed E-state index contributed by atoms with van der Waals surface area (Å²) in [5, 5.41) is 11.4. The average Bonchev–Trinajstić information content (AvgIpc) is 2.49. The van der Waals surface area contributed by atoms with Crippen molar-refractivity contribution in [1.82, 2.24) is 5.32 Å². The van der Waals surface area contributed by atoms with Gasteiger partial charge >= 0.3 is 0 Å². The summed E-state index contributed by atoms with van der Waals surface area (Å²) in [5.74, 6) is 5.54. The standard InChI is InChI=1S/C15H19NO4S/c1-11(21(3)19)10-16-15(18)13-6-7-14(20-2)12(9-13)5-4-8-17/h6-7,9,11,17H,8,10H2,1-3H3,(H,16,18). The molecule has 0 heterocycles. The number of aliphatic hydroxyl groups excluding tert-OH is 1. The van der Waals surface area contributed by atoms with E-state index in [9.17, 15) is 9.00 Å². The molecule has 0 aliphatic rings. The van der Waals surface area contributed by atoms with Crippen LogP contribution in [0, 0.1) is 11.8 Å². The van der Waals surface area contributed by atoms with E-state index in [1.165, 1.54) is 7.11 Å². The summed E-state index contributed by atoms with van der Waals surface area (Å²) in [6, 6.07) is 4.88. The highest BCUT2D eigenvalue weighted by Gasteiger charge is 2.12. The van der Waals surface area contributed by atoms with Gasteiger partial charge in [0.15, 0.2) is 0 Å². The van der Waals surface area contributed by atoms with Crippen molar-refractivity contribution in [2.24, 2.45) is 0 Å². The van der Waals surface area contributed by atoms with Gasteiger partial charge in [-0.05, 0) is 25.1 Å². The number of amides is 1. The number of aliphatic hydroxyl groups is 1. The van der Waals surface area contributed by atoms with Crippen LogP contribution in [0.4, 0.5) is 0 Å². The fraction of sp³-hybridized carbons (Fsp3) is 0.400. The first-order valence-electron chi connectivity index (χ1n) is 6.37. The lowest BCUT2D eigenvalue weighted by atomic mass is 10.1. The molecule has 1 aromatic rings. The van der Waals surface area contributed by atoms with Gasteiger partial charge in [0, 0.05) is 34.4 Å². The molecular weight excluding hydrogens is 290 g/mol. The van der Waals surface area contributed by atoms with Crippen molar-refractivity contribution in [2.45, 2.75) is 12.2 Å². The Bertz CT molecular complexity index is 589. The van der Waals surface area contributed by atoms with Crippen LogP contribution in [-0.2, 0) is 10.8 Å². The minimum absolute atomic E-state index is 0.110. The van der Waals surface area contributed by atoms with Crippen LogP contribution in [0.15, 0.2) is 18.2 Å². The maximum absolute atomic E-state index is 12.0. The van der Waals surface area contributed by atoms with Gasteiger partial charge in [-0.15, -0.1) is 0 Å². The summed E-state index contributed by atoms with van der Waals surface area (Å²) < 4.78 is 16.4. The van der Waals surface area contributed by atoms with E-state index in [0.717, 1.165) is 0 Å². The Kier molecular flexibility index (Phi) is 6.92. The zero-order valence-electron chi connectivity index (χ0n) is 12.3. The summed E-state index contributed by atoms with van der Waals surface area (Å²) in [7, 11) is 0.530. The molecule has 0 radical (unpaired) electrons. The van der Waals surface area contributed by atoms with Crippen LogP contribution in [0.5, 0.6) is 5.75 Å². The van der Waals surface area contributed by atoms with Crippen molar-refractivity contribution in [1.29, 1.82) is 0 Å². The van der Waals surface area contributed by atoms with E-state index in [-0.39, 0.29) is 17.8 Å². The zero-order valence-corrected chi connectivity index (χ0v) is 13.1. The second kappa shape index (κ2) is 8.45. The molecule has 2 N–H and O–H groups in total. The van der Waals surface area contributed by atoms with Crippen LogP contribution >= 0.6 is 0 Å². The third kappa shape index (κ3) is 5.21. The van der Waals surface area contributed by atoms with Crippen LogP contribution in [0.25, 0.3) is 0 Å². The predicted octanol–water partition coefficient (Wildman–Crippen LogP) is 0.536. The van der Waals surface area contributed by atoms with E-state index in [0.29, 0.717) is 23.4 Å². The summed E-state index contributed by atoms with van der Waals surface area (Å²) >= 11 is 0. The molecule has 0 bridgehead atoms. The summed E-state index contributed by atoms with van der Waals surface area (Å²) in [6.07, 6.45) is 1.60. The molecule has 6 heteroatoms. The van der Waals surface area contributed by atoms with Crippen molar-refractivity contribution in [2.75, 3.05) is 26.5 Å². The molecule has 1 amide bonds. The maximum Gasteiger partial charge on any atom is 0.251 e. The monoisotopic (exact) mass is 309 g/mol. The van der Waals surface area contributed by atoms with Crippen LogP contribution in [0.1, 0.15) is 22.8 Å². The number of benzene rings is 1. The molecule has 0 spiro atoms. The van der Waals surface area contributed by atoms with Crippen LogP contribution in [-0.4, -0.2) is 47.0 Å². The van der Waals surface area contributed by atoms with Crippen molar-refractivity contribution in [3.05, 3.63) is 29.3 Å². The van der Waals surface area contributed by atoms with Crippen molar-refractivity contribution < 1.29 is 18.8 Å². The molecule has 2 atom stereocenters. The topological polar surface area (TPSA) is 75.6 Å². The van der Waals surface area contributed by atoms with E-state index in [1.807, 2.05) is 6.92 Å². The first-order chi connectivity index (χ1) is 9.99. The van der Waals surface area contributed by atoms with Gasteiger partial charge in [0.2, 0.25) is 0 Å². The number of hydrogen-bond acceptors (Lipinski definition) is 4. The van der Waals surface area contributed by atoms with Gasteiger partial charge in [-0.25, -0.2) is 0 Å². The van der Waals surface area contributed by atoms with E-state index in [1.54, 1.807) is 24.5 Å². The Labute approximate surface area is 127 Å². The fourth-order valence-electron chi connectivity index (χ4n) is 1.54. The number of nitrogens with one attached hydrogen (secondary N) is 1. The highest BCUT2D eigenvalue weighted by Crippen LogP contribution is 2.18. The van der Waals surface area contributed by atoms with Crippen LogP contribution < -0.4 is 10.1 Å². The van der Waals surface area contributed by atoms with E-state index < -0.39 is 10.8 Å². The largest absolute Gasteiger partial charge is 0.495 e. The normalized spacial score (nSPS) is 12.8. The number of ether oxygens (including phenoxy) is 1. The van der Waals surface area contributed by atoms with Crippen molar-refractivity contribution in [3.63, 3.8) is 0 Å². The van der Waals surface area contributed by atoms with Gasteiger partial charge in [-0.1, -0.05) is 11.8 Å². The molecule has 0 saturated carbocycles. The summed E-state index contributed by atoms with van der Waals surface area (Å²) in [6.45, 7) is 1.88. The Balaban J connectivity index is 2.88. The molecule has 1 aromatic carbocycles. The molecule has 0 saturated heterocycles. The Morgan fingerprint density at radius 3 is 2.81 bits per heavy atom. The maximum atomic E-state index is 12.0. The molecule has 5 nitrogen and oxygen atoms in total. The second-order valence-electron chi connectivity index (χ2n) is 4.39. The highest BCUT2D eigenvalue weighted by molar-refractivity contribution is 7.84. The first-order valence-corrected chi connectivity index (χ1v) is 8.00.